The Balaban J connectivity index is 1.58. The lowest BCUT2D eigenvalue weighted by molar-refractivity contribution is 0.360. The van der Waals surface area contributed by atoms with E-state index in [2.05, 4.69) is 24.0 Å². The summed E-state index contributed by atoms with van der Waals surface area (Å²) in [4.78, 5) is 24.1. The van der Waals surface area contributed by atoms with Crippen LogP contribution in [0.15, 0.2) is 14.5 Å². The van der Waals surface area contributed by atoms with Crippen LogP contribution >= 0.6 is 23.1 Å². The van der Waals surface area contributed by atoms with Crippen LogP contribution < -0.4 is 5.56 Å². The van der Waals surface area contributed by atoms with E-state index in [0.717, 1.165) is 35.9 Å². The maximum Gasteiger partial charge on any atom is 0.262 e. The van der Waals surface area contributed by atoms with Gasteiger partial charge in [0.1, 0.15) is 4.83 Å². The van der Waals surface area contributed by atoms with Crippen molar-refractivity contribution >= 4 is 33.3 Å². The Hall–Kier alpha value is -1.67. The van der Waals surface area contributed by atoms with Crippen LogP contribution in [0.2, 0.25) is 0 Å². The van der Waals surface area contributed by atoms with Gasteiger partial charge in [0.2, 0.25) is 5.89 Å². The minimum absolute atomic E-state index is 0.0560. The molecular formula is C17H20N4O2S2. The monoisotopic (exact) mass is 376 g/mol. The highest BCUT2D eigenvalue weighted by molar-refractivity contribution is 7.98. The zero-order valence-corrected chi connectivity index (χ0v) is 16.2. The summed E-state index contributed by atoms with van der Waals surface area (Å²) >= 11 is 3.14. The SMILES string of the molecule is CC(C)Cc1nc(CSc2nc3sc4c(c3c(=O)n2C)CCC4)no1. The number of fused-ring (bicyclic) bond motifs is 3. The minimum Gasteiger partial charge on any atom is -0.339 e. The van der Waals surface area contributed by atoms with Gasteiger partial charge in [-0.15, -0.1) is 11.3 Å². The van der Waals surface area contributed by atoms with Crippen molar-refractivity contribution in [2.45, 2.75) is 50.4 Å². The summed E-state index contributed by atoms with van der Waals surface area (Å²) in [6.07, 6.45) is 4.00. The van der Waals surface area contributed by atoms with E-state index in [4.69, 9.17) is 9.51 Å². The summed E-state index contributed by atoms with van der Waals surface area (Å²) in [6, 6.07) is 0. The molecule has 1 aliphatic carbocycles. The number of aryl methyl sites for hydroxylation is 2. The summed E-state index contributed by atoms with van der Waals surface area (Å²) in [5.74, 6) is 2.33. The third kappa shape index (κ3) is 3.13. The molecule has 3 aromatic rings. The predicted octanol–water partition coefficient (Wildman–Crippen LogP) is 3.36. The maximum atomic E-state index is 12.8. The van der Waals surface area contributed by atoms with Gasteiger partial charge in [-0.25, -0.2) is 4.98 Å². The summed E-state index contributed by atoms with van der Waals surface area (Å²) in [5, 5.41) is 5.54. The van der Waals surface area contributed by atoms with Crippen molar-refractivity contribution in [1.82, 2.24) is 19.7 Å². The van der Waals surface area contributed by atoms with Crippen molar-refractivity contribution < 1.29 is 4.52 Å². The normalized spacial score (nSPS) is 13.9. The molecule has 0 N–H and O–H groups in total. The van der Waals surface area contributed by atoms with E-state index in [0.29, 0.717) is 28.5 Å². The number of hydrogen-bond donors (Lipinski definition) is 0. The molecular weight excluding hydrogens is 356 g/mol. The van der Waals surface area contributed by atoms with Crippen molar-refractivity contribution in [3.8, 4) is 0 Å². The van der Waals surface area contributed by atoms with Crippen molar-refractivity contribution in [2.24, 2.45) is 13.0 Å². The highest BCUT2D eigenvalue weighted by Gasteiger charge is 2.22. The molecule has 0 saturated carbocycles. The molecule has 4 rings (SSSR count). The minimum atomic E-state index is 0.0560. The van der Waals surface area contributed by atoms with Crippen LogP contribution in [0.4, 0.5) is 0 Å². The second-order valence-electron chi connectivity index (χ2n) is 6.79. The lowest BCUT2D eigenvalue weighted by Gasteiger charge is -2.06. The van der Waals surface area contributed by atoms with E-state index in [1.165, 1.54) is 22.2 Å². The van der Waals surface area contributed by atoms with E-state index in [1.807, 2.05) is 0 Å². The van der Waals surface area contributed by atoms with Gasteiger partial charge in [0, 0.05) is 18.3 Å². The molecule has 0 atom stereocenters. The number of aromatic nitrogens is 4. The number of thioether (sulfide) groups is 1. The number of thiophene rings is 1. The Kier molecular flexibility index (Phi) is 4.41. The van der Waals surface area contributed by atoms with Crippen LogP contribution in [0, 0.1) is 5.92 Å². The predicted molar refractivity (Wildman–Crippen MR) is 99.3 cm³/mol. The average Bonchev–Trinajstić information content (AvgIpc) is 3.24. The molecule has 0 unspecified atom stereocenters. The molecule has 0 bridgehead atoms. The maximum absolute atomic E-state index is 12.8. The summed E-state index contributed by atoms with van der Waals surface area (Å²) in [6.45, 7) is 4.23. The van der Waals surface area contributed by atoms with Crippen molar-refractivity contribution in [3.05, 3.63) is 32.5 Å². The van der Waals surface area contributed by atoms with Crippen molar-refractivity contribution in [3.63, 3.8) is 0 Å². The Morgan fingerprint density at radius 1 is 1.32 bits per heavy atom. The van der Waals surface area contributed by atoms with Crippen LogP contribution in [0.1, 0.15) is 42.4 Å². The van der Waals surface area contributed by atoms with E-state index >= 15 is 0 Å². The molecule has 6 nitrogen and oxygen atoms in total. The summed E-state index contributed by atoms with van der Waals surface area (Å²) < 4.78 is 6.91. The molecule has 3 aromatic heterocycles. The first-order valence-electron chi connectivity index (χ1n) is 8.48. The molecule has 0 fully saturated rings. The molecule has 0 aromatic carbocycles. The van der Waals surface area contributed by atoms with Crippen LogP contribution in [-0.4, -0.2) is 19.7 Å². The molecule has 0 amide bonds. The number of hydrogen-bond acceptors (Lipinski definition) is 7. The van der Waals surface area contributed by atoms with Gasteiger partial charge in [-0.3, -0.25) is 9.36 Å². The van der Waals surface area contributed by atoms with Crippen LogP contribution in [-0.2, 0) is 32.1 Å². The Labute approximate surface area is 153 Å². The van der Waals surface area contributed by atoms with Crippen molar-refractivity contribution in [2.75, 3.05) is 0 Å². The fourth-order valence-electron chi connectivity index (χ4n) is 3.14. The summed E-state index contributed by atoms with van der Waals surface area (Å²) in [5.41, 5.74) is 1.28. The highest BCUT2D eigenvalue weighted by Crippen LogP contribution is 2.35. The highest BCUT2D eigenvalue weighted by atomic mass is 32.2. The fraction of sp³-hybridized carbons (Fsp3) is 0.529. The van der Waals surface area contributed by atoms with E-state index < -0.39 is 0 Å². The van der Waals surface area contributed by atoms with Gasteiger partial charge in [-0.05, 0) is 30.7 Å². The number of nitrogens with zero attached hydrogens (tertiary/aromatic N) is 4. The average molecular weight is 377 g/mol. The second-order valence-corrected chi connectivity index (χ2v) is 8.81. The molecule has 3 heterocycles. The van der Waals surface area contributed by atoms with E-state index in [-0.39, 0.29) is 5.56 Å². The smallest absolute Gasteiger partial charge is 0.262 e. The Bertz CT molecular complexity index is 987. The van der Waals surface area contributed by atoms with Crippen LogP contribution in [0.5, 0.6) is 0 Å². The first kappa shape index (κ1) is 16.8. The topological polar surface area (TPSA) is 73.8 Å². The molecule has 0 saturated heterocycles. The first-order chi connectivity index (χ1) is 12.0. The quantitative estimate of drug-likeness (QED) is 0.502. The van der Waals surface area contributed by atoms with Gasteiger partial charge >= 0.3 is 0 Å². The Morgan fingerprint density at radius 2 is 2.16 bits per heavy atom. The van der Waals surface area contributed by atoms with Gasteiger partial charge in [-0.2, -0.15) is 4.98 Å². The third-order valence-corrected chi connectivity index (χ3v) is 6.54. The standard InChI is InChI=1S/C17H20N4O2S2/c1-9(2)7-13-18-12(20-23-13)8-24-17-19-15-14(16(22)21(17)3)10-5-4-6-11(10)25-15/h9H,4-8H2,1-3H3. The third-order valence-electron chi connectivity index (χ3n) is 4.33. The molecule has 1 aliphatic rings. The first-order valence-corrected chi connectivity index (χ1v) is 10.3. The zero-order valence-electron chi connectivity index (χ0n) is 14.5. The molecule has 8 heteroatoms. The largest absolute Gasteiger partial charge is 0.339 e. The molecule has 0 radical (unpaired) electrons. The van der Waals surface area contributed by atoms with Gasteiger partial charge in [0.25, 0.3) is 5.56 Å². The number of rotatable bonds is 5. The van der Waals surface area contributed by atoms with Gasteiger partial charge in [-0.1, -0.05) is 30.8 Å². The van der Waals surface area contributed by atoms with Gasteiger partial charge in [0.05, 0.1) is 11.1 Å². The molecule has 132 valence electrons. The van der Waals surface area contributed by atoms with E-state index in [9.17, 15) is 4.79 Å². The van der Waals surface area contributed by atoms with Crippen molar-refractivity contribution in [1.29, 1.82) is 0 Å². The lowest BCUT2D eigenvalue weighted by Crippen LogP contribution is -2.20. The second kappa shape index (κ2) is 6.57. The Morgan fingerprint density at radius 3 is 2.96 bits per heavy atom. The fourth-order valence-corrected chi connectivity index (χ4v) is 5.26. The van der Waals surface area contributed by atoms with Gasteiger partial charge in [0.15, 0.2) is 11.0 Å². The summed E-state index contributed by atoms with van der Waals surface area (Å²) in [7, 11) is 1.79. The van der Waals surface area contributed by atoms with E-state index in [1.54, 1.807) is 23.0 Å². The van der Waals surface area contributed by atoms with Crippen LogP contribution in [0.25, 0.3) is 10.2 Å². The lowest BCUT2D eigenvalue weighted by atomic mass is 10.1. The molecule has 25 heavy (non-hydrogen) atoms. The zero-order chi connectivity index (χ0) is 17.6. The van der Waals surface area contributed by atoms with Crippen LogP contribution in [0.3, 0.4) is 0 Å². The molecule has 0 aliphatic heterocycles. The van der Waals surface area contributed by atoms with Gasteiger partial charge < -0.3 is 4.52 Å². The molecule has 0 spiro atoms.